The third-order valence-electron chi connectivity index (χ3n) is 3.49. The number of para-hydroxylation sites is 1. The molecule has 25 heavy (non-hydrogen) atoms. The molecule has 4 nitrogen and oxygen atoms in total. The Morgan fingerprint density at radius 3 is 2.72 bits per heavy atom. The number of anilines is 1. The molecule has 0 aliphatic carbocycles. The van der Waals surface area contributed by atoms with Crippen molar-refractivity contribution in [3.8, 4) is 0 Å². The normalized spacial score (nSPS) is 16.2. The number of rotatable bonds is 3. The summed E-state index contributed by atoms with van der Waals surface area (Å²) in [7, 11) is 0. The molecule has 0 spiro atoms. The van der Waals surface area contributed by atoms with Crippen LogP contribution in [0.4, 0.5) is 9.52 Å². The van der Waals surface area contributed by atoms with Crippen LogP contribution >= 0.6 is 35.3 Å². The van der Waals surface area contributed by atoms with Crippen molar-refractivity contribution >= 4 is 67.0 Å². The van der Waals surface area contributed by atoms with Gasteiger partial charge in [-0.25, -0.2) is 9.37 Å². The van der Waals surface area contributed by atoms with Gasteiger partial charge in [-0.3, -0.25) is 10.2 Å². The summed E-state index contributed by atoms with van der Waals surface area (Å²) in [5.41, 5.74) is 4.15. The lowest BCUT2D eigenvalue weighted by Crippen LogP contribution is -2.33. The molecule has 1 amide bonds. The van der Waals surface area contributed by atoms with E-state index in [1.54, 1.807) is 18.2 Å². The van der Waals surface area contributed by atoms with Gasteiger partial charge in [-0.05, 0) is 36.5 Å². The van der Waals surface area contributed by atoms with Crippen molar-refractivity contribution in [3.63, 3.8) is 0 Å². The van der Waals surface area contributed by atoms with E-state index >= 15 is 0 Å². The molecule has 8 heteroatoms. The average molecular weight is 387 g/mol. The number of thiocarbonyl (C=S) groups is 1. The number of halogens is 1. The number of fused-ring (bicyclic) bond motifs is 1. The highest BCUT2D eigenvalue weighted by atomic mass is 32.2. The highest BCUT2D eigenvalue weighted by Gasteiger charge is 2.33. The number of nitrogens with zero attached hydrogens (tertiary/aromatic N) is 2. The van der Waals surface area contributed by atoms with E-state index in [9.17, 15) is 9.18 Å². The van der Waals surface area contributed by atoms with Gasteiger partial charge in [0.2, 0.25) is 5.13 Å². The first kappa shape index (κ1) is 16.2. The smallest absolute Gasteiger partial charge is 0.266 e. The third-order valence-corrected chi connectivity index (χ3v) is 5.73. The second-order valence-electron chi connectivity index (χ2n) is 5.14. The maximum absolute atomic E-state index is 13.8. The molecule has 1 fully saturated rings. The van der Waals surface area contributed by atoms with Gasteiger partial charge in [-0.2, -0.15) is 5.01 Å². The molecule has 0 unspecified atom stereocenters. The summed E-state index contributed by atoms with van der Waals surface area (Å²) in [6.07, 6.45) is 1.51. The Kier molecular flexibility index (Phi) is 4.24. The molecule has 0 saturated carbocycles. The lowest BCUT2D eigenvalue weighted by atomic mass is 10.2. The first-order valence-corrected chi connectivity index (χ1v) is 9.31. The molecule has 0 radical (unpaired) electrons. The monoisotopic (exact) mass is 387 g/mol. The standard InChI is InChI=1S/C17H10FN3OS3/c18-11-6-2-1-5-10(11)9-14-15(22)21(17(23)25-14)20-16-19-12-7-3-4-8-13(12)24-16/h1-9H,(H,19,20). The Balaban J connectivity index is 1.60. The van der Waals surface area contributed by atoms with E-state index in [4.69, 9.17) is 12.2 Å². The van der Waals surface area contributed by atoms with Crippen molar-refractivity contribution in [1.82, 2.24) is 9.99 Å². The van der Waals surface area contributed by atoms with Gasteiger partial charge in [0.1, 0.15) is 5.82 Å². The topological polar surface area (TPSA) is 45.2 Å². The summed E-state index contributed by atoms with van der Waals surface area (Å²) >= 11 is 7.83. The number of thioether (sulfide) groups is 1. The van der Waals surface area contributed by atoms with Crippen LogP contribution < -0.4 is 5.43 Å². The minimum absolute atomic E-state index is 0.322. The van der Waals surface area contributed by atoms with Crippen LogP contribution in [0.3, 0.4) is 0 Å². The molecule has 1 N–H and O–H groups in total. The fraction of sp³-hybridized carbons (Fsp3) is 0. The molecular weight excluding hydrogens is 377 g/mol. The number of hydrogen-bond donors (Lipinski definition) is 1. The van der Waals surface area contributed by atoms with Crippen molar-refractivity contribution in [3.05, 3.63) is 64.8 Å². The number of amides is 1. The van der Waals surface area contributed by atoms with Gasteiger partial charge < -0.3 is 0 Å². The number of benzene rings is 2. The zero-order valence-corrected chi connectivity index (χ0v) is 15.1. The molecular formula is C17H10FN3OS3. The number of aromatic nitrogens is 1. The highest BCUT2D eigenvalue weighted by molar-refractivity contribution is 8.26. The maximum atomic E-state index is 13.8. The summed E-state index contributed by atoms with van der Waals surface area (Å²) < 4.78 is 15.2. The molecule has 124 valence electrons. The van der Waals surface area contributed by atoms with E-state index in [-0.39, 0.29) is 11.7 Å². The van der Waals surface area contributed by atoms with Gasteiger partial charge in [0, 0.05) is 5.56 Å². The molecule has 0 bridgehead atoms. The van der Waals surface area contributed by atoms with Crippen LogP contribution in [-0.4, -0.2) is 20.2 Å². The van der Waals surface area contributed by atoms with Gasteiger partial charge in [0.15, 0.2) is 4.32 Å². The van der Waals surface area contributed by atoms with Crippen molar-refractivity contribution in [2.45, 2.75) is 0 Å². The number of carbonyl (C=O) groups excluding carboxylic acids is 1. The Bertz CT molecular complexity index is 998. The van der Waals surface area contributed by atoms with Gasteiger partial charge in [0.25, 0.3) is 5.91 Å². The van der Waals surface area contributed by atoms with Crippen LogP contribution in [0.25, 0.3) is 16.3 Å². The van der Waals surface area contributed by atoms with Crippen molar-refractivity contribution in [1.29, 1.82) is 0 Å². The van der Waals surface area contributed by atoms with Gasteiger partial charge in [0.05, 0.1) is 15.1 Å². The third kappa shape index (κ3) is 3.15. The van der Waals surface area contributed by atoms with E-state index in [1.165, 1.54) is 28.5 Å². The highest BCUT2D eigenvalue weighted by Crippen LogP contribution is 2.34. The summed E-state index contributed by atoms with van der Waals surface area (Å²) in [4.78, 5) is 17.4. The van der Waals surface area contributed by atoms with E-state index in [2.05, 4.69) is 10.4 Å². The first-order valence-electron chi connectivity index (χ1n) is 7.26. The summed E-state index contributed by atoms with van der Waals surface area (Å²) in [6.45, 7) is 0. The molecule has 4 rings (SSSR count). The van der Waals surface area contributed by atoms with Gasteiger partial charge in [-0.1, -0.05) is 53.4 Å². The van der Waals surface area contributed by atoms with Gasteiger partial charge in [-0.15, -0.1) is 0 Å². The van der Waals surface area contributed by atoms with Crippen LogP contribution in [0.1, 0.15) is 5.56 Å². The van der Waals surface area contributed by atoms with Crippen LogP contribution in [0.15, 0.2) is 53.4 Å². The van der Waals surface area contributed by atoms with Crippen molar-refractivity contribution in [2.75, 3.05) is 5.43 Å². The maximum Gasteiger partial charge on any atom is 0.285 e. The predicted octanol–water partition coefficient (Wildman–Crippen LogP) is 4.66. The predicted molar refractivity (Wildman–Crippen MR) is 105 cm³/mol. The zero-order chi connectivity index (χ0) is 17.4. The second kappa shape index (κ2) is 6.55. The van der Waals surface area contributed by atoms with Crippen LogP contribution in [0.2, 0.25) is 0 Å². The number of carbonyl (C=O) groups is 1. The largest absolute Gasteiger partial charge is 0.285 e. The van der Waals surface area contributed by atoms with E-state index in [0.717, 1.165) is 22.0 Å². The van der Waals surface area contributed by atoms with Crippen LogP contribution in [0.5, 0.6) is 0 Å². The van der Waals surface area contributed by atoms with Crippen molar-refractivity contribution in [2.24, 2.45) is 0 Å². The SMILES string of the molecule is O=C1C(=Cc2ccccc2F)SC(=S)N1Nc1nc2ccccc2s1. The summed E-state index contributed by atoms with van der Waals surface area (Å²) in [5.74, 6) is -0.704. The van der Waals surface area contributed by atoms with E-state index < -0.39 is 0 Å². The fourth-order valence-corrected chi connectivity index (χ4v) is 4.34. The Labute approximate surface area is 156 Å². The minimum Gasteiger partial charge on any atom is -0.266 e. The quantitative estimate of drug-likeness (QED) is 0.523. The van der Waals surface area contributed by atoms with E-state index in [0.29, 0.717) is 19.9 Å². The number of thiazole rings is 1. The first-order chi connectivity index (χ1) is 12.1. The summed E-state index contributed by atoms with van der Waals surface area (Å²) in [5, 5.41) is 1.84. The number of hydrazine groups is 1. The molecule has 1 aliphatic rings. The minimum atomic E-state index is -0.382. The zero-order valence-electron chi connectivity index (χ0n) is 12.6. The van der Waals surface area contributed by atoms with Gasteiger partial charge >= 0.3 is 0 Å². The Morgan fingerprint density at radius 1 is 1.16 bits per heavy atom. The molecule has 1 aliphatic heterocycles. The average Bonchev–Trinajstić information content (AvgIpc) is 3.13. The lowest BCUT2D eigenvalue weighted by Gasteiger charge is -2.14. The fourth-order valence-electron chi connectivity index (χ4n) is 2.31. The summed E-state index contributed by atoms with van der Waals surface area (Å²) in [6, 6.07) is 14.0. The molecule has 3 aromatic rings. The number of hydrogen-bond acceptors (Lipinski definition) is 6. The molecule has 1 saturated heterocycles. The lowest BCUT2D eigenvalue weighted by molar-refractivity contribution is -0.121. The molecule has 2 aromatic carbocycles. The Morgan fingerprint density at radius 2 is 1.92 bits per heavy atom. The van der Waals surface area contributed by atoms with E-state index in [1.807, 2.05) is 24.3 Å². The van der Waals surface area contributed by atoms with Crippen molar-refractivity contribution < 1.29 is 9.18 Å². The molecule has 0 atom stereocenters. The number of nitrogens with one attached hydrogen (secondary N) is 1. The molecule has 2 heterocycles. The molecule has 1 aromatic heterocycles. The van der Waals surface area contributed by atoms with Crippen LogP contribution in [0, 0.1) is 5.82 Å². The van der Waals surface area contributed by atoms with Crippen LogP contribution in [-0.2, 0) is 4.79 Å². The second-order valence-corrected chi connectivity index (χ2v) is 7.84. The Hall–Kier alpha value is -2.29.